The molecule has 170 valence electrons. The summed E-state index contributed by atoms with van der Waals surface area (Å²) in [6, 6.07) is 10.8. The summed E-state index contributed by atoms with van der Waals surface area (Å²) < 4.78 is 10.4. The van der Waals surface area contributed by atoms with Crippen molar-refractivity contribution >= 4 is 29.9 Å². The van der Waals surface area contributed by atoms with Crippen LogP contribution in [0, 0.1) is 0 Å². The molecule has 0 radical (unpaired) electrons. The maximum Gasteiger partial charge on any atom is 0.194 e. The van der Waals surface area contributed by atoms with Gasteiger partial charge in [-0.15, -0.1) is 24.0 Å². The van der Waals surface area contributed by atoms with E-state index in [1.807, 2.05) is 13.1 Å². The Morgan fingerprint density at radius 3 is 2.26 bits per heavy atom. The second-order valence-corrected chi connectivity index (χ2v) is 7.86. The number of ether oxygens (including phenoxy) is 1. The normalized spacial score (nSPS) is 18.6. The number of hydrogen-bond donors (Lipinski definition) is 1. The molecule has 4 rings (SSSR count). The molecular formula is C22H33IN6O2. The summed E-state index contributed by atoms with van der Waals surface area (Å²) in [4.78, 5) is 11.7. The molecule has 2 fully saturated rings. The van der Waals surface area contributed by atoms with Gasteiger partial charge in [0, 0.05) is 72.0 Å². The minimum absolute atomic E-state index is 0. The van der Waals surface area contributed by atoms with E-state index in [0.717, 1.165) is 83.8 Å². The van der Waals surface area contributed by atoms with Crippen molar-refractivity contribution in [1.29, 1.82) is 0 Å². The van der Waals surface area contributed by atoms with Crippen molar-refractivity contribution in [2.24, 2.45) is 4.99 Å². The number of nitrogens with one attached hydrogen (secondary N) is 1. The van der Waals surface area contributed by atoms with Crippen molar-refractivity contribution in [2.45, 2.75) is 19.6 Å². The molecule has 1 N–H and O–H groups in total. The predicted molar refractivity (Wildman–Crippen MR) is 132 cm³/mol. The van der Waals surface area contributed by atoms with E-state index in [4.69, 9.17) is 9.26 Å². The molecule has 2 aromatic rings. The van der Waals surface area contributed by atoms with E-state index in [-0.39, 0.29) is 24.0 Å². The number of morpholine rings is 1. The molecule has 0 aliphatic carbocycles. The van der Waals surface area contributed by atoms with E-state index < -0.39 is 0 Å². The van der Waals surface area contributed by atoms with Gasteiger partial charge in [-0.3, -0.25) is 14.8 Å². The molecular weight excluding hydrogens is 507 g/mol. The number of piperazine rings is 1. The first-order valence-corrected chi connectivity index (χ1v) is 10.8. The van der Waals surface area contributed by atoms with Gasteiger partial charge in [-0.2, -0.15) is 0 Å². The van der Waals surface area contributed by atoms with Crippen LogP contribution in [-0.4, -0.2) is 85.3 Å². The number of benzene rings is 1. The Labute approximate surface area is 201 Å². The highest BCUT2D eigenvalue weighted by atomic mass is 127. The molecule has 2 aliphatic rings. The van der Waals surface area contributed by atoms with Gasteiger partial charge in [-0.05, 0) is 11.1 Å². The number of rotatable bonds is 6. The Hall–Kier alpha value is -1.69. The fraction of sp³-hybridized carbons (Fsp3) is 0.545. The fourth-order valence-electron chi connectivity index (χ4n) is 3.96. The summed E-state index contributed by atoms with van der Waals surface area (Å²) in [5, 5.41) is 7.53. The highest BCUT2D eigenvalue weighted by Crippen LogP contribution is 2.10. The lowest BCUT2D eigenvalue weighted by Gasteiger charge is -2.36. The number of halogens is 1. The molecule has 1 aromatic heterocycles. The van der Waals surface area contributed by atoms with Crippen LogP contribution < -0.4 is 5.32 Å². The zero-order valence-corrected chi connectivity index (χ0v) is 20.5. The molecule has 2 aliphatic heterocycles. The smallest absolute Gasteiger partial charge is 0.194 e. The van der Waals surface area contributed by atoms with Crippen molar-refractivity contribution in [1.82, 2.24) is 25.2 Å². The largest absolute Gasteiger partial charge is 0.379 e. The van der Waals surface area contributed by atoms with Gasteiger partial charge in [-0.1, -0.05) is 29.4 Å². The van der Waals surface area contributed by atoms with Crippen molar-refractivity contribution in [3.8, 4) is 0 Å². The standard InChI is InChI=1S/C22H32N6O2.HI/c1-23-22(28-9-7-26(8-10-28)18-21-6-13-30-25-21)24-16-19-2-4-20(5-3-19)17-27-11-14-29-15-12-27;/h2-6,13H,7-12,14-18H2,1H3,(H,23,24);1H. The molecule has 1 aromatic carbocycles. The van der Waals surface area contributed by atoms with Crippen LogP contribution in [-0.2, 0) is 24.4 Å². The first-order valence-electron chi connectivity index (χ1n) is 10.8. The quantitative estimate of drug-likeness (QED) is 0.342. The molecule has 0 unspecified atom stereocenters. The zero-order valence-electron chi connectivity index (χ0n) is 18.2. The third-order valence-corrected chi connectivity index (χ3v) is 5.74. The van der Waals surface area contributed by atoms with Gasteiger partial charge in [0.2, 0.25) is 0 Å². The van der Waals surface area contributed by atoms with Crippen LogP contribution in [0.1, 0.15) is 16.8 Å². The predicted octanol–water partition coefficient (Wildman–Crippen LogP) is 2.02. The monoisotopic (exact) mass is 540 g/mol. The van der Waals surface area contributed by atoms with Crippen LogP contribution in [0.15, 0.2) is 46.1 Å². The Bertz CT molecular complexity index is 785. The highest BCUT2D eigenvalue weighted by Gasteiger charge is 2.20. The van der Waals surface area contributed by atoms with Gasteiger partial charge in [0.15, 0.2) is 5.96 Å². The van der Waals surface area contributed by atoms with Gasteiger partial charge in [0.05, 0.1) is 18.9 Å². The lowest BCUT2D eigenvalue weighted by Crippen LogP contribution is -2.52. The van der Waals surface area contributed by atoms with E-state index in [9.17, 15) is 0 Å². The minimum Gasteiger partial charge on any atom is -0.379 e. The highest BCUT2D eigenvalue weighted by molar-refractivity contribution is 14.0. The van der Waals surface area contributed by atoms with Crippen LogP contribution in [0.25, 0.3) is 0 Å². The van der Waals surface area contributed by atoms with E-state index in [2.05, 4.69) is 54.4 Å². The molecule has 0 atom stereocenters. The van der Waals surface area contributed by atoms with Crippen molar-refractivity contribution in [2.75, 3.05) is 59.5 Å². The molecule has 8 nitrogen and oxygen atoms in total. The molecule has 0 spiro atoms. The van der Waals surface area contributed by atoms with Gasteiger partial charge in [0.1, 0.15) is 6.26 Å². The molecule has 31 heavy (non-hydrogen) atoms. The maximum atomic E-state index is 5.43. The average molecular weight is 540 g/mol. The Morgan fingerprint density at radius 2 is 1.61 bits per heavy atom. The van der Waals surface area contributed by atoms with E-state index in [0.29, 0.717) is 0 Å². The number of nitrogens with zero attached hydrogens (tertiary/aromatic N) is 5. The van der Waals surface area contributed by atoms with E-state index >= 15 is 0 Å². The number of guanidine groups is 1. The van der Waals surface area contributed by atoms with Crippen molar-refractivity contribution in [3.63, 3.8) is 0 Å². The van der Waals surface area contributed by atoms with Crippen LogP contribution in [0.5, 0.6) is 0 Å². The Balaban J connectivity index is 0.00000272. The molecule has 3 heterocycles. The summed E-state index contributed by atoms with van der Waals surface area (Å²) in [5.41, 5.74) is 3.61. The number of aliphatic imine (C=N–C) groups is 1. The van der Waals surface area contributed by atoms with Crippen molar-refractivity contribution < 1.29 is 9.26 Å². The second kappa shape index (κ2) is 12.4. The molecule has 9 heteroatoms. The third kappa shape index (κ3) is 7.16. The Kier molecular flexibility index (Phi) is 9.56. The fourth-order valence-corrected chi connectivity index (χ4v) is 3.96. The average Bonchev–Trinajstić information content (AvgIpc) is 3.30. The third-order valence-electron chi connectivity index (χ3n) is 5.74. The van der Waals surface area contributed by atoms with Gasteiger partial charge >= 0.3 is 0 Å². The summed E-state index contributed by atoms with van der Waals surface area (Å²) >= 11 is 0. The van der Waals surface area contributed by atoms with Gasteiger partial charge in [0.25, 0.3) is 0 Å². The topological polar surface area (TPSA) is 69.4 Å². The molecule has 0 bridgehead atoms. The van der Waals surface area contributed by atoms with Gasteiger partial charge in [-0.25, -0.2) is 0 Å². The minimum atomic E-state index is 0. The van der Waals surface area contributed by atoms with Crippen molar-refractivity contribution in [3.05, 3.63) is 53.4 Å². The lowest BCUT2D eigenvalue weighted by molar-refractivity contribution is 0.0342. The molecule has 0 amide bonds. The van der Waals surface area contributed by atoms with E-state index in [1.54, 1.807) is 6.26 Å². The second-order valence-electron chi connectivity index (χ2n) is 7.86. The summed E-state index contributed by atoms with van der Waals surface area (Å²) in [6.45, 7) is 10.2. The summed E-state index contributed by atoms with van der Waals surface area (Å²) in [7, 11) is 1.86. The maximum absolute atomic E-state index is 5.43. The number of aromatic nitrogens is 1. The van der Waals surface area contributed by atoms with Crippen LogP contribution >= 0.6 is 24.0 Å². The number of hydrogen-bond acceptors (Lipinski definition) is 6. The summed E-state index contributed by atoms with van der Waals surface area (Å²) in [6.07, 6.45) is 1.63. The van der Waals surface area contributed by atoms with E-state index in [1.165, 1.54) is 11.1 Å². The summed E-state index contributed by atoms with van der Waals surface area (Å²) in [5.74, 6) is 0.966. The Morgan fingerprint density at radius 1 is 0.935 bits per heavy atom. The zero-order chi connectivity index (χ0) is 20.6. The molecule has 0 saturated carbocycles. The lowest BCUT2D eigenvalue weighted by atomic mass is 10.1. The van der Waals surface area contributed by atoms with Crippen LogP contribution in [0.4, 0.5) is 0 Å². The first kappa shape index (κ1) is 24.0. The first-order chi connectivity index (χ1) is 14.8. The molecule has 2 saturated heterocycles. The van der Waals surface area contributed by atoms with Gasteiger partial charge < -0.3 is 19.5 Å². The van der Waals surface area contributed by atoms with Crippen LogP contribution in [0.2, 0.25) is 0 Å². The SMILES string of the molecule is CN=C(NCc1ccc(CN2CCOCC2)cc1)N1CCN(Cc2ccon2)CC1.I. The van der Waals surface area contributed by atoms with Crippen LogP contribution in [0.3, 0.4) is 0 Å².